The summed E-state index contributed by atoms with van der Waals surface area (Å²) < 4.78 is 12.2. The Bertz CT molecular complexity index is 1160. The van der Waals surface area contributed by atoms with Crippen molar-refractivity contribution in [2.45, 2.75) is 12.3 Å². The Morgan fingerprint density at radius 1 is 1.16 bits per heavy atom. The number of halogens is 1. The van der Waals surface area contributed by atoms with Crippen molar-refractivity contribution in [1.29, 1.82) is 0 Å². The van der Waals surface area contributed by atoms with Crippen molar-refractivity contribution in [3.8, 4) is 22.9 Å². The number of nitrogens with one attached hydrogen (secondary N) is 1. The van der Waals surface area contributed by atoms with Crippen LogP contribution in [0.1, 0.15) is 34.0 Å². The number of carboxylic acid groups (broad SMARTS) is 1. The number of ether oxygens (including phenoxy) is 2. The number of nitrogens with zero attached hydrogens (tertiary/aromatic N) is 1. The lowest BCUT2D eigenvalue weighted by Crippen LogP contribution is -2.25. The van der Waals surface area contributed by atoms with E-state index >= 15 is 0 Å². The lowest BCUT2D eigenvalue weighted by Gasteiger charge is -2.27. The molecular weight excluding hydrogens is 424 g/mol. The van der Waals surface area contributed by atoms with Gasteiger partial charge in [-0.25, -0.2) is 4.79 Å². The number of anilines is 1. The number of phenolic OH excluding ortho intramolecular Hbond substituents is 1. The van der Waals surface area contributed by atoms with E-state index in [2.05, 4.69) is 5.32 Å². The summed E-state index contributed by atoms with van der Waals surface area (Å²) >= 11 is 6.01. The molecule has 1 amide bonds. The summed E-state index contributed by atoms with van der Waals surface area (Å²) in [6, 6.07) is 10.2. The van der Waals surface area contributed by atoms with Crippen molar-refractivity contribution in [3.05, 3.63) is 64.4 Å². The summed E-state index contributed by atoms with van der Waals surface area (Å²) in [7, 11) is 2.83. The second kappa shape index (κ2) is 7.88. The summed E-state index contributed by atoms with van der Waals surface area (Å²) in [4.78, 5) is 24.4. The second-order valence-electron chi connectivity index (χ2n) is 7.03. The number of carbonyl (C=O) groups excluding carboxylic acids is 1. The molecule has 0 unspecified atom stereocenters. The number of amides is 1. The molecule has 0 spiro atoms. The number of benzene rings is 2. The van der Waals surface area contributed by atoms with Gasteiger partial charge in [-0.15, -0.1) is 0 Å². The van der Waals surface area contributed by atoms with Crippen LogP contribution in [0, 0.1) is 0 Å². The number of phenols is 1. The zero-order chi connectivity index (χ0) is 22.3. The van der Waals surface area contributed by atoms with Crippen LogP contribution in [0.4, 0.5) is 5.69 Å². The lowest BCUT2D eigenvalue weighted by molar-refractivity contribution is -0.116. The summed E-state index contributed by atoms with van der Waals surface area (Å²) in [6.07, 6.45) is 1.55. The summed E-state index contributed by atoms with van der Waals surface area (Å²) in [6.45, 7) is 0. The molecule has 1 aliphatic heterocycles. The summed E-state index contributed by atoms with van der Waals surface area (Å²) in [5.74, 6) is -1.79. The fourth-order valence-corrected chi connectivity index (χ4v) is 3.96. The molecule has 160 valence electrons. The molecule has 0 bridgehead atoms. The number of carboxylic acids is 1. The van der Waals surface area contributed by atoms with Gasteiger partial charge in [0.05, 0.1) is 25.6 Å². The SMILES string of the molecule is COc1cc([C@H]2CC(=O)Nc3c(C(=O)O)cn(-c4ccc(Cl)cc4)c32)cc(OC)c1O. The molecule has 4 rings (SSSR count). The predicted octanol–water partition coefficient (Wildman–Crippen LogP) is 4.03. The number of aromatic carboxylic acids is 1. The first-order chi connectivity index (χ1) is 14.8. The van der Waals surface area contributed by atoms with E-state index in [9.17, 15) is 19.8 Å². The maximum Gasteiger partial charge on any atom is 0.339 e. The van der Waals surface area contributed by atoms with Gasteiger partial charge in [0.25, 0.3) is 0 Å². The molecule has 0 fully saturated rings. The molecule has 2 heterocycles. The van der Waals surface area contributed by atoms with Gasteiger partial charge in [-0.05, 0) is 42.0 Å². The second-order valence-corrected chi connectivity index (χ2v) is 7.47. The Balaban J connectivity index is 1.98. The molecule has 31 heavy (non-hydrogen) atoms. The van der Waals surface area contributed by atoms with Crippen LogP contribution in [-0.4, -0.2) is 40.9 Å². The highest BCUT2D eigenvalue weighted by Crippen LogP contribution is 2.46. The Labute approximate surface area is 182 Å². The molecular formula is C22H19ClN2O6. The van der Waals surface area contributed by atoms with E-state index in [0.29, 0.717) is 22.0 Å². The largest absolute Gasteiger partial charge is 0.502 e. The minimum Gasteiger partial charge on any atom is -0.502 e. The number of aromatic hydroxyl groups is 1. The number of rotatable bonds is 5. The first-order valence-electron chi connectivity index (χ1n) is 9.33. The zero-order valence-corrected chi connectivity index (χ0v) is 17.4. The highest BCUT2D eigenvalue weighted by atomic mass is 35.5. The summed E-state index contributed by atoms with van der Waals surface area (Å²) in [5, 5.41) is 23.2. The minimum absolute atomic E-state index is 0.0271. The molecule has 8 nitrogen and oxygen atoms in total. The van der Waals surface area contributed by atoms with Crippen LogP contribution in [0.5, 0.6) is 17.2 Å². The van der Waals surface area contributed by atoms with Gasteiger partial charge < -0.3 is 29.6 Å². The van der Waals surface area contributed by atoms with Crippen LogP contribution in [0.25, 0.3) is 5.69 Å². The normalized spacial score (nSPS) is 15.2. The molecule has 2 aromatic carbocycles. The number of aromatic nitrogens is 1. The van der Waals surface area contributed by atoms with Crippen molar-refractivity contribution in [1.82, 2.24) is 4.57 Å². The molecule has 1 atom stereocenters. The van der Waals surface area contributed by atoms with Gasteiger partial charge >= 0.3 is 5.97 Å². The summed E-state index contributed by atoms with van der Waals surface area (Å²) in [5.41, 5.74) is 2.12. The number of hydrogen-bond acceptors (Lipinski definition) is 5. The Kier molecular flexibility index (Phi) is 5.24. The molecule has 3 N–H and O–H groups in total. The van der Waals surface area contributed by atoms with E-state index in [0.717, 1.165) is 0 Å². The third kappa shape index (κ3) is 3.55. The quantitative estimate of drug-likeness (QED) is 0.550. The Morgan fingerprint density at radius 2 is 1.77 bits per heavy atom. The third-order valence-electron chi connectivity index (χ3n) is 5.27. The van der Waals surface area contributed by atoms with Crippen molar-refractivity contribution >= 4 is 29.2 Å². The maximum absolute atomic E-state index is 12.5. The lowest BCUT2D eigenvalue weighted by atomic mass is 9.87. The van der Waals surface area contributed by atoms with E-state index in [1.807, 2.05) is 0 Å². The fourth-order valence-electron chi connectivity index (χ4n) is 3.84. The van der Waals surface area contributed by atoms with Crippen LogP contribution < -0.4 is 14.8 Å². The Morgan fingerprint density at radius 3 is 2.32 bits per heavy atom. The number of carbonyl (C=O) groups is 2. The van der Waals surface area contributed by atoms with Crippen molar-refractivity contribution < 1.29 is 29.3 Å². The highest BCUT2D eigenvalue weighted by molar-refractivity contribution is 6.30. The molecule has 9 heteroatoms. The van der Waals surface area contributed by atoms with E-state index in [1.165, 1.54) is 20.4 Å². The standard InChI is InChI=1S/C22H19ClN2O6/c1-30-16-7-11(8-17(31-2)21(16)27)14-9-18(26)24-19-15(22(28)29)10-25(20(14)19)13-5-3-12(23)4-6-13/h3-8,10,14,27H,9H2,1-2H3,(H,24,26)(H,28,29)/t14-/m1/s1. The minimum atomic E-state index is -1.16. The maximum atomic E-state index is 12.5. The first-order valence-corrected chi connectivity index (χ1v) is 9.71. The highest BCUT2D eigenvalue weighted by Gasteiger charge is 2.35. The smallest absolute Gasteiger partial charge is 0.339 e. The van der Waals surface area contributed by atoms with Gasteiger partial charge in [0, 0.05) is 29.2 Å². The molecule has 0 radical (unpaired) electrons. The molecule has 3 aromatic rings. The number of fused-ring (bicyclic) bond motifs is 1. The zero-order valence-electron chi connectivity index (χ0n) is 16.7. The van der Waals surface area contributed by atoms with Crippen molar-refractivity contribution in [3.63, 3.8) is 0 Å². The van der Waals surface area contributed by atoms with Gasteiger partial charge in [0.1, 0.15) is 5.56 Å². The topological polar surface area (TPSA) is 110 Å². The van der Waals surface area contributed by atoms with Crippen LogP contribution >= 0.6 is 11.6 Å². The van der Waals surface area contributed by atoms with Gasteiger partial charge in [-0.1, -0.05) is 11.6 Å². The number of hydrogen-bond donors (Lipinski definition) is 3. The van der Waals surface area contributed by atoms with E-state index in [-0.39, 0.29) is 40.8 Å². The number of methoxy groups -OCH3 is 2. The van der Waals surface area contributed by atoms with Crippen LogP contribution in [0.3, 0.4) is 0 Å². The predicted molar refractivity (Wildman–Crippen MR) is 114 cm³/mol. The van der Waals surface area contributed by atoms with Crippen LogP contribution in [-0.2, 0) is 4.79 Å². The van der Waals surface area contributed by atoms with Gasteiger partial charge in [-0.2, -0.15) is 0 Å². The monoisotopic (exact) mass is 442 g/mol. The fraction of sp³-hybridized carbons (Fsp3) is 0.182. The molecule has 0 saturated heterocycles. The first kappa shape index (κ1) is 20.6. The van der Waals surface area contributed by atoms with E-state index < -0.39 is 11.9 Å². The van der Waals surface area contributed by atoms with E-state index in [4.69, 9.17) is 21.1 Å². The van der Waals surface area contributed by atoms with Crippen molar-refractivity contribution in [2.24, 2.45) is 0 Å². The molecule has 0 saturated carbocycles. The molecule has 1 aliphatic rings. The molecule has 0 aliphatic carbocycles. The third-order valence-corrected chi connectivity index (χ3v) is 5.52. The van der Waals surface area contributed by atoms with E-state index in [1.54, 1.807) is 41.0 Å². The van der Waals surface area contributed by atoms with Crippen LogP contribution in [0.15, 0.2) is 42.6 Å². The van der Waals surface area contributed by atoms with Crippen LogP contribution in [0.2, 0.25) is 5.02 Å². The average Bonchev–Trinajstić information content (AvgIpc) is 3.13. The Hall–Kier alpha value is -3.65. The molecule has 1 aromatic heterocycles. The van der Waals surface area contributed by atoms with Gasteiger partial charge in [0.15, 0.2) is 11.5 Å². The van der Waals surface area contributed by atoms with Gasteiger partial charge in [0.2, 0.25) is 11.7 Å². The van der Waals surface area contributed by atoms with Crippen molar-refractivity contribution in [2.75, 3.05) is 19.5 Å². The van der Waals surface area contributed by atoms with Gasteiger partial charge in [-0.3, -0.25) is 4.79 Å². The average molecular weight is 443 g/mol.